The third kappa shape index (κ3) is 5.34. The van der Waals surface area contributed by atoms with E-state index in [0.717, 1.165) is 34.6 Å². The number of nitrogens with one attached hydrogen (secondary N) is 2. The van der Waals surface area contributed by atoms with Gasteiger partial charge in [-0.3, -0.25) is 0 Å². The van der Waals surface area contributed by atoms with E-state index in [1.807, 2.05) is 11.8 Å². The summed E-state index contributed by atoms with van der Waals surface area (Å²) in [4.78, 5) is 4.74. The highest BCUT2D eigenvalue weighted by atomic mass is 32.2. The highest BCUT2D eigenvalue weighted by Gasteiger charge is 2.24. The van der Waals surface area contributed by atoms with E-state index in [4.69, 9.17) is 9.73 Å². The first kappa shape index (κ1) is 18.0. The highest BCUT2D eigenvalue weighted by Crippen LogP contribution is 2.28. The second-order valence-electron chi connectivity index (χ2n) is 6.01. The van der Waals surface area contributed by atoms with Crippen LogP contribution in [-0.4, -0.2) is 37.2 Å². The van der Waals surface area contributed by atoms with Crippen LogP contribution >= 0.6 is 11.8 Å². The Hall–Kier alpha value is -1.36. The van der Waals surface area contributed by atoms with Gasteiger partial charge in [-0.05, 0) is 56.6 Å². The molecule has 0 radical (unpaired) electrons. The lowest BCUT2D eigenvalue weighted by molar-refractivity contribution is 0.411. The molecule has 2 N–H and O–H groups in total. The first-order valence-corrected chi connectivity index (χ1v) is 9.66. The Balaban J connectivity index is 1.98. The Morgan fingerprint density at radius 2 is 2.22 bits per heavy atom. The van der Waals surface area contributed by atoms with Crippen LogP contribution in [0.15, 0.2) is 23.2 Å². The van der Waals surface area contributed by atoms with Crippen molar-refractivity contribution in [2.75, 3.05) is 19.9 Å². The van der Waals surface area contributed by atoms with Gasteiger partial charge in [0.15, 0.2) is 5.96 Å². The van der Waals surface area contributed by atoms with Crippen molar-refractivity contribution in [3.63, 3.8) is 0 Å². The average molecular weight is 336 g/mol. The number of ether oxygens (including phenoxy) is 1. The number of rotatable bonds is 6. The van der Waals surface area contributed by atoms with E-state index in [2.05, 4.69) is 48.9 Å². The average Bonchev–Trinajstić information content (AvgIpc) is 3.01. The smallest absolute Gasteiger partial charge is 0.191 e. The van der Waals surface area contributed by atoms with Crippen LogP contribution in [0.3, 0.4) is 0 Å². The van der Waals surface area contributed by atoms with E-state index in [1.165, 1.54) is 19.3 Å². The fourth-order valence-electron chi connectivity index (χ4n) is 2.93. The number of guanidine groups is 1. The van der Waals surface area contributed by atoms with E-state index >= 15 is 0 Å². The van der Waals surface area contributed by atoms with Crippen LogP contribution in [0, 0.1) is 6.92 Å². The minimum absolute atomic E-state index is 0.540. The molecular formula is C18H29N3OS. The molecule has 4 nitrogen and oxygen atoms in total. The lowest BCUT2D eigenvalue weighted by atomic mass is 10.1. The molecule has 1 aliphatic rings. The standard InChI is InChI=1S/C18H29N3OS/c1-5-19-18(21-15-8-9-16(11-15)23-4)20-12-14-7-6-13(2)17(10-14)22-3/h6-7,10,15-16H,5,8-9,11-12H2,1-4H3,(H2,19,20,21). The van der Waals surface area contributed by atoms with Crippen molar-refractivity contribution in [2.24, 2.45) is 4.99 Å². The number of hydrogen-bond acceptors (Lipinski definition) is 3. The van der Waals surface area contributed by atoms with Crippen molar-refractivity contribution in [2.45, 2.75) is 50.9 Å². The van der Waals surface area contributed by atoms with Crippen molar-refractivity contribution in [3.05, 3.63) is 29.3 Å². The maximum atomic E-state index is 5.39. The zero-order valence-electron chi connectivity index (χ0n) is 14.7. The molecule has 1 aromatic carbocycles. The van der Waals surface area contributed by atoms with E-state index in [1.54, 1.807) is 7.11 Å². The van der Waals surface area contributed by atoms with Gasteiger partial charge in [0, 0.05) is 17.8 Å². The molecular weight excluding hydrogens is 306 g/mol. The van der Waals surface area contributed by atoms with Crippen LogP contribution in [0.25, 0.3) is 0 Å². The summed E-state index contributed by atoms with van der Waals surface area (Å²) >= 11 is 1.98. The molecule has 1 fully saturated rings. The van der Waals surface area contributed by atoms with Crippen molar-refractivity contribution >= 4 is 17.7 Å². The fraction of sp³-hybridized carbons (Fsp3) is 0.611. The van der Waals surface area contributed by atoms with Crippen LogP contribution < -0.4 is 15.4 Å². The summed E-state index contributed by atoms with van der Waals surface area (Å²) in [5.41, 5.74) is 2.32. The minimum Gasteiger partial charge on any atom is -0.496 e. The summed E-state index contributed by atoms with van der Waals surface area (Å²) < 4.78 is 5.39. The number of aryl methyl sites for hydroxylation is 1. The van der Waals surface area contributed by atoms with Crippen LogP contribution in [0.2, 0.25) is 0 Å². The minimum atomic E-state index is 0.540. The zero-order valence-corrected chi connectivity index (χ0v) is 15.5. The second-order valence-corrected chi connectivity index (χ2v) is 7.15. The Labute approximate surface area is 144 Å². The Morgan fingerprint density at radius 1 is 1.39 bits per heavy atom. The molecule has 0 aliphatic heterocycles. The van der Waals surface area contributed by atoms with Crippen LogP contribution in [0.5, 0.6) is 5.75 Å². The molecule has 0 bridgehead atoms. The molecule has 1 saturated carbocycles. The van der Waals surface area contributed by atoms with Crippen LogP contribution in [0.1, 0.15) is 37.3 Å². The van der Waals surface area contributed by atoms with E-state index in [-0.39, 0.29) is 0 Å². The number of thioether (sulfide) groups is 1. The number of benzene rings is 1. The molecule has 0 saturated heterocycles. The third-order valence-corrected chi connectivity index (χ3v) is 5.39. The third-order valence-electron chi connectivity index (χ3n) is 4.30. The molecule has 128 valence electrons. The molecule has 0 heterocycles. The quantitative estimate of drug-likeness (QED) is 0.618. The Kier molecular flexibility index (Phi) is 7.09. The molecule has 1 aromatic rings. The number of aliphatic imine (C=N–C) groups is 1. The van der Waals surface area contributed by atoms with E-state index in [0.29, 0.717) is 12.6 Å². The molecule has 2 rings (SSSR count). The van der Waals surface area contributed by atoms with Crippen molar-refractivity contribution < 1.29 is 4.74 Å². The van der Waals surface area contributed by atoms with Gasteiger partial charge in [0.25, 0.3) is 0 Å². The molecule has 1 aliphatic carbocycles. The van der Waals surface area contributed by atoms with Gasteiger partial charge in [-0.2, -0.15) is 11.8 Å². The molecule has 0 aromatic heterocycles. The normalized spacial score (nSPS) is 21.3. The molecule has 23 heavy (non-hydrogen) atoms. The predicted molar refractivity (Wildman–Crippen MR) is 101 cm³/mol. The Morgan fingerprint density at radius 3 is 2.87 bits per heavy atom. The largest absolute Gasteiger partial charge is 0.496 e. The van der Waals surface area contributed by atoms with Crippen LogP contribution in [0.4, 0.5) is 0 Å². The number of nitrogens with zero attached hydrogens (tertiary/aromatic N) is 1. The fourth-order valence-corrected chi connectivity index (χ4v) is 3.73. The first-order valence-electron chi connectivity index (χ1n) is 8.37. The van der Waals surface area contributed by atoms with Gasteiger partial charge in [-0.1, -0.05) is 12.1 Å². The maximum absolute atomic E-state index is 5.39. The van der Waals surface area contributed by atoms with Gasteiger partial charge in [0.1, 0.15) is 5.75 Å². The zero-order chi connectivity index (χ0) is 16.7. The van der Waals surface area contributed by atoms with Crippen molar-refractivity contribution in [1.82, 2.24) is 10.6 Å². The predicted octanol–water partition coefficient (Wildman–Crippen LogP) is 3.34. The summed E-state index contributed by atoms with van der Waals surface area (Å²) in [6.07, 6.45) is 5.96. The summed E-state index contributed by atoms with van der Waals surface area (Å²) in [5, 5.41) is 7.73. The number of methoxy groups -OCH3 is 1. The van der Waals surface area contributed by atoms with Gasteiger partial charge >= 0.3 is 0 Å². The van der Waals surface area contributed by atoms with Crippen molar-refractivity contribution in [1.29, 1.82) is 0 Å². The first-order chi connectivity index (χ1) is 11.2. The molecule has 0 spiro atoms. The Bertz CT molecular complexity index is 533. The van der Waals surface area contributed by atoms with Gasteiger partial charge in [0.2, 0.25) is 0 Å². The lowest BCUT2D eigenvalue weighted by Crippen LogP contribution is -2.42. The summed E-state index contributed by atoms with van der Waals surface area (Å²) in [6.45, 7) is 5.69. The summed E-state index contributed by atoms with van der Waals surface area (Å²) in [7, 11) is 1.71. The molecule has 2 atom stereocenters. The monoisotopic (exact) mass is 335 g/mol. The molecule has 2 unspecified atom stereocenters. The van der Waals surface area contributed by atoms with Crippen molar-refractivity contribution in [3.8, 4) is 5.75 Å². The molecule has 0 amide bonds. The van der Waals surface area contributed by atoms with Crippen LogP contribution in [-0.2, 0) is 6.54 Å². The molecule has 5 heteroatoms. The second kappa shape index (κ2) is 9.06. The summed E-state index contributed by atoms with van der Waals surface area (Å²) in [6, 6.07) is 6.81. The number of hydrogen-bond donors (Lipinski definition) is 2. The topological polar surface area (TPSA) is 45.7 Å². The van der Waals surface area contributed by atoms with E-state index < -0.39 is 0 Å². The van der Waals surface area contributed by atoms with E-state index in [9.17, 15) is 0 Å². The van der Waals surface area contributed by atoms with Gasteiger partial charge in [-0.15, -0.1) is 0 Å². The summed E-state index contributed by atoms with van der Waals surface area (Å²) in [5.74, 6) is 1.84. The lowest BCUT2D eigenvalue weighted by Gasteiger charge is -2.17. The SMILES string of the molecule is CCNC(=NCc1ccc(C)c(OC)c1)NC1CCC(SC)C1. The highest BCUT2D eigenvalue weighted by molar-refractivity contribution is 7.99. The maximum Gasteiger partial charge on any atom is 0.191 e. The van der Waals surface area contributed by atoms with Gasteiger partial charge < -0.3 is 15.4 Å². The van der Waals surface area contributed by atoms with Gasteiger partial charge in [-0.25, -0.2) is 4.99 Å². The van der Waals surface area contributed by atoms with Gasteiger partial charge in [0.05, 0.1) is 13.7 Å².